The molecular formula is C12H10Cl2F3NO. The Morgan fingerprint density at radius 2 is 2.00 bits per heavy atom. The van der Waals surface area contributed by atoms with Gasteiger partial charge in [0.1, 0.15) is 5.41 Å². The van der Waals surface area contributed by atoms with Crippen molar-refractivity contribution >= 4 is 29.0 Å². The van der Waals surface area contributed by atoms with E-state index in [-0.39, 0.29) is 28.6 Å². The van der Waals surface area contributed by atoms with Crippen LogP contribution < -0.4 is 5.32 Å². The van der Waals surface area contributed by atoms with Crippen molar-refractivity contribution in [2.75, 3.05) is 13.1 Å². The zero-order valence-electron chi connectivity index (χ0n) is 9.65. The Morgan fingerprint density at radius 1 is 1.32 bits per heavy atom. The van der Waals surface area contributed by atoms with Crippen molar-refractivity contribution in [1.82, 2.24) is 5.32 Å². The van der Waals surface area contributed by atoms with Gasteiger partial charge in [-0.25, -0.2) is 0 Å². The Bertz CT molecular complexity index is 510. The molecule has 104 valence electrons. The van der Waals surface area contributed by atoms with Gasteiger partial charge in [0.2, 0.25) is 0 Å². The van der Waals surface area contributed by atoms with E-state index in [2.05, 4.69) is 5.32 Å². The van der Waals surface area contributed by atoms with Crippen molar-refractivity contribution in [1.29, 1.82) is 0 Å². The van der Waals surface area contributed by atoms with Crippen molar-refractivity contribution in [2.24, 2.45) is 5.41 Å². The van der Waals surface area contributed by atoms with E-state index < -0.39 is 23.9 Å². The van der Waals surface area contributed by atoms with Crippen molar-refractivity contribution in [3.63, 3.8) is 0 Å². The van der Waals surface area contributed by atoms with E-state index in [1.807, 2.05) is 0 Å². The number of hydrogen-bond donors (Lipinski definition) is 1. The highest BCUT2D eigenvalue weighted by molar-refractivity contribution is 6.44. The number of Topliss-reactive ketones (excluding diaryl/α,β-unsaturated/α-hetero) is 1. The lowest BCUT2D eigenvalue weighted by Gasteiger charge is -2.29. The fraction of sp³-hybridized carbons (Fsp3) is 0.417. The molecule has 1 aliphatic heterocycles. The van der Waals surface area contributed by atoms with Crippen LogP contribution in [0, 0.1) is 5.41 Å². The van der Waals surface area contributed by atoms with Gasteiger partial charge in [-0.3, -0.25) is 4.79 Å². The van der Waals surface area contributed by atoms with E-state index in [1.54, 1.807) is 0 Å². The number of hydrogen-bond acceptors (Lipinski definition) is 2. The lowest BCUT2D eigenvalue weighted by molar-refractivity contribution is -0.197. The van der Waals surface area contributed by atoms with Crippen LogP contribution >= 0.6 is 23.2 Å². The van der Waals surface area contributed by atoms with Crippen LogP contribution in [0.3, 0.4) is 0 Å². The summed E-state index contributed by atoms with van der Waals surface area (Å²) in [5.74, 6) is -1.03. The summed E-state index contributed by atoms with van der Waals surface area (Å²) in [7, 11) is 0. The first-order valence-electron chi connectivity index (χ1n) is 5.56. The van der Waals surface area contributed by atoms with E-state index in [0.29, 0.717) is 0 Å². The number of nitrogens with one attached hydrogen (secondary N) is 1. The molecule has 1 heterocycles. The number of rotatable bonds is 2. The summed E-state index contributed by atoms with van der Waals surface area (Å²) in [4.78, 5) is 12.3. The standard InChI is InChI=1S/C12H10Cl2F3NO/c13-8-3-1-2-7(9(8)14)10(19)11(12(15,16)17)4-5-18-6-11/h1-3,18H,4-6H2. The molecule has 1 saturated heterocycles. The normalized spacial score (nSPS) is 23.6. The molecule has 0 spiro atoms. The largest absolute Gasteiger partial charge is 0.402 e. The molecule has 0 saturated carbocycles. The molecule has 1 aliphatic rings. The van der Waals surface area contributed by atoms with Crippen LogP contribution in [0.5, 0.6) is 0 Å². The molecule has 1 unspecified atom stereocenters. The third-order valence-corrected chi connectivity index (χ3v) is 4.15. The van der Waals surface area contributed by atoms with Gasteiger partial charge in [-0.2, -0.15) is 13.2 Å². The summed E-state index contributed by atoms with van der Waals surface area (Å²) in [5.41, 5.74) is -2.60. The molecule has 2 rings (SSSR count). The first kappa shape index (κ1) is 14.6. The van der Waals surface area contributed by atoms with Gasteiger partial charge < -0.3 is 5.32 Å². The number of carbonyl (C=O) groups is 1. The number of carbonyl (C=O) groups excluding carboxylic acids is 1. The lowest BCUT2D eigenvalue weighted by atomic mass is 9.78. The van der Waals surface area contributed by atoms with Crippen LogP contribution in [-0.4, -0.2) is 25.0 Å². The molecule has 19 heavy (non-hydrogen) atoms. The van der Waals surface area contributed by atoms with Crippen molar-refractivity contribution in [2.45, 2.75) is 12.6 Å². The van der Waals surface area contributed by atoms with Gasteiger partial charge in [0.05, 0.1) is 10.0 Å². The maximum atomic E-state index is 13.2. The topological polar surface area (TPSA) is 29.1 Å². The minimum absolute atomic E-state index is 0.0656. The monoisotopic (exact) mass is 311 g/mol. The highest BCUT2D eigenvalue weighted by atomic mass is 35.5. The Labute approximate surface area is 117 Å². The van der Waals surface area contributed by atoms with Crippen LogP contribution in [0.4, 0.5) is 13.2 Å². The Morgan fingerprint density at radius 3 is 2.53 bits per heavy atom. The Balaban J connectivity index is 2.50. The average molecular weight is 312 g/mol. The second-order valence-electron chi connectivity index (χ2n) is 4.44. The molecule has 1 aromatic carbocycles. The van der Waals surface area contributed by atoms with Gasteiger partial charge in [0, 0.05) is 12.1 Å². The molecule has 7 heteroatoms. The van der Waals surface area contributed by atoms with E-state index in [9.17, 15) is 18.0 Å². The summed E-state index contributed by atoms with van der Waals surface area (Å²) in [6.07, 6.45) is -4.92. The quantitative estimate of drug-likeness (QED) is 0.843. The molecule has 1 fully saturated rings. The third-order valence-electron chi connectivity index (χ3n) is 3.33. The van der Waals surface area contributed by atoms with Gasteiger partial charge >= 0.3 is 6.18 Å². The van der Waals surface area contributed by atoms with Crippen molar-refractivity contribution in [3.8, 4) is 0 Å². The third kappa shape index (κ3) is 2.35. The van der Waals surface area contributed by atoms with Crippen LogP contribution in [0.25, 0.3) is 0 Å². The van der Waals surface area contributed by atoms with Crippen LogP contribution in [0.1, 0.15) is 16.8 Å². The van der Waals surface area contributed by atoms with Crippen molar-refractivity contribution in [3.05, 3.63) is 33.8 Å². The van der Waals surface area contributed by atoms with E-state index in [4.69, 9.17) is 23.2 Å². The first-order chi connectivity index (χ1) is 8.79. The summed E-state index contributed by atoms with van der Waals surface area (Å²) in [5, 5.41) is 2.52. The number of ketones is 1. The second kappa shape index (κ2) is 4.96. The van der Waals surface area contributed by atoms with Gasteiger partial charge in [-0.05, 0) is 25.1 Å². The smallest absolute Gasteiger partial charge is 0.315 e. The maximum absolute atomic E-state index is 13.2. The highest BCUT2D eigenvalue weighted by Gasteiger charge is 2.61. The highest BCUT2D eigenvalue weighted by Crippen LogP contribution is 2.46. The SMILES string of the molecule is O=C(c1cccc(Cl)c1Cl)C1(C(F)(F)F)CCNC1. The number of benzene rings is 1. The fourth-order valence-corrected chi connectivity index (χ4v) is 2.58. The van der Waals surface area contributed by atoms with E-state index in [1.165, 1.54) is 18.2 Å². The summed E-state index contributed by atoms with van der Waals surface area (Å²) in [6.45, 7) is -0.290. The molecule has 0 aromatic heterocycles. The molecule has 0 amide bonds. The second-order valence-corrected chi connectivity index (χ2v) is 5.22. The molecule has 0 radical (unpaired) electrons. The zero-order chi connectivity index (χ0) is 14.3. The molecule has 2 nitrogen and oxygen atoms in total. The zero-order valence-corrected chi connectivity index (χ0v) is 11.2. The van der Waals surface area contributed by atoms with Gasteiger partial charge in [0.15, 0.2) is 5.78 Å². The summed E-state index contributed by atoms with van der Waals surface area (Å²) in [6, 6.07) is 4.10. The summed E-state index contributed by atoms with van der Waals surface area (Å²) >= 11 is 11.6. The Kier molecular flexibility index (Phi) is 3.82. The molecular weight excluding hydrogens is 302 g/mol. The minimum Gasteiger partial charge on any atom is -0.315 e. The predicted molar refractivity (Wildman–Crippen MR) is 66.8 cm³/mol. The molecule has 0 bridgehead atoms. The maximum Gasteiger partial charge on any atom is 0.402 e. The minimum atomic E-state index is -4.63. The fourth-order valence-electron chi connectivity index (χ4n) is 2.19. The molecule has 1 N–H and O–H groups in total. The Hall–Kier alpha value is -0.780. The first-order valence-corrected chi connectivity index (χ1v) is 6.31. The van der Waals surface area contributed by atoms with Gasteiger partial charge in [0.25, 0.3) is 0 Å². The lowest BCUT2D eigenvalue weighted by Crippen LogP contribution is -2.46. The van der Waals surface area contributed by atoms with Crippen LogP contribution in [0.15, 0.2) is 18.2 Å². The van der Waals surface area contributed by atoms with Crippen LogP contribution in [-0.2, 0) is 0 Å². The summed E-state index contributed by atoms with van der Waals surface area (Å²) < 4.78 is 39.7. The van der Waals surface area contributed by atoms with E-state index in [0.717, 1.165) is 0 Å². The number of alkyl halides is 3. The molecule has 1 aromatic rings. The predicted octanol–water partition coefficient (Wildman–Crippen LogP) is 3.72. The average Bonchev–Trinajstić information content (AvgIpc) is 2.81. The van der Waals surface area contributed by atoms with Crippen LogP contribution in [0.2, 0.25) is 10.0 Å². The van der Waals surface area contributed by atoms with E-state index >= 15 is 0 Å². The van der Waals surface area contributed by atoms with Gasteiger partial charge in [-0.15, -0.1) is 0 Å². The van der Waals surface area contributed by atoms with Crippen molar-refractivity contribution < 1.29 is 18.0 Å². The van der Waals surface area contributed by atoms with Gasteiger partial charge in [-0.1, -0.05) is 29.3 Å². The molecule has 1 atom stereocenters. The molecule has 0 aliphatic carbocycles. The number of halogens is 5.